The Labute approximate surface area is 101 Å². The van der Waals surface area contributed by atoms with Crippen LogP contribution in [0.1, 0.15) is 27.2 Å². The Bertz CT molecular complexity index is 308. The SMILES string of the molecule is CC(C)(C)OC(=O)N1CC2(CCNC2CF)C1. The Kier molecular flexibility index (Phi) is 3.06. The highest BCUT2D eigenvalue weighted by atomic mass is 19.1. The summed E-state index contributed by atoms with van der Waals surface area (Å²) < 4.78 is 18.1. The van der Waals surface area contributed by atoms with Gasteiger partial charge in [-0.15, -0.1) is 0 Å². The number of ether oxygens (including phenoxy) is 1. The lowest BCUT2D eigenvalue weighted by Crippen LogP contribution is -2.64. The molecule has 2 heterocycles. The van der Waals surface area contributed by atoms with Crippen molar-refractivity contribution in [3.05, 3.63) is 0 Å². The fourth-order valence-electron chi connectivity index (χ4n) is 2.65. The van der Waals surface area contributed by atoms with Crippen molar-refractivity contribution in [2.24, 2.45) is 5.41 Å². The van der Waals surface area contributed by atoms with Crippen LogP contribution in [-0.4, -0.2) is 48.9 Å². The minimum absolute atomic E-state index is 0.0499. The summed E-state index contributed by atoms with van der Waals surface area (Å²) in [5.74, 6) is 0. The monoisotopic (exact) mass is 244 g/mol. The van der Waals surface area contributed by atoms with Gasteiger partial charge in [-0.05, 0) is 33.7 Å². The van der Waals surface area contributed by atoms with Crippen LogP contribution < -0.4 is 5.32 Å². The third-order valence-corrected chi connectivity index (χ3v) is 3.57. The number of likely N-dealkylation sites (tertiary alicyclic amines) is 1. The minimum Gasteiger partial charge on any atom is -0.444 e. The molecule has 2 aliphatic rings. The van der Waals surface area contributed by atoms with E-state index in [2.05, 4.69) is 5.32 Å². The van der Waals surface area contributed by atoms with Crippen molar-refractivity contribution in [2.45, 2.75) is 38.8 Å². The van der Waals surface area contributed by atoms with Crippen LogP contribution in [0.15, 0.2) is 0 Å². The summed E-state index contributed by atoms with van der Waals surface area (Å²) in [5, 5.41) is 3.15. The van der Waals surface area contributed by atoms with Crippen LogP contribution in [0.5, 0.6) is 0 Å². The molecule has 98 valence electrons. The maximum atomic E-state index is 12.8. The molecule has 2 rings (SSSR count). The number of rotatable bonds is 1. The number of hydrogen-bond acceptors (Lipinski definition) is 3. The number of amides is 1. The number of carbonyl (C=O) groups excluding carboxylic acids is 1. The molecule has 0 aromatic rings. The molecule has 2 aliphatic heterocycles. The quantitative estimate of drug-likeness (QED) is 0.761. The van der Waals surface area contributed by atoms with E-state index >= 15 is 0 Å². The molecule has 1 unspecified atom stereocenters. The van der Waals surface area contributed by atoms with Crippen molar-refractivity contribution < 1.29 is 13.9 Å². The van der Waals surface area contributed by atoms with E-state index in [9.17, 15) is 9.18 Å². The van der Waals surface area contributed by atoms with Crippen molar-refractivity contribution in [2.75, 3.05) is 26.3 Å². The zero-order valence-electron chi connectivity index (χ0n) is 10.8. The van der Waals surface area contributed by atoms with Crippen LogP contribution in [0.2, 0.25) is 0 Å². The smallest absolute Gasteiger partial charge is 0.410 e. The Morgan fingerprint density at radius 1 is 1.53 bits per heavy atom. The van der Waals surface area contributed by atoms with Crippen molar-refractivity contribution in [1.29, 1.82) is 0 Å². The number of halogens is 1. The first-order valence-electron chi connectivity index (χ1n) is 6.14. The Hall–Kier alpha value is -0.840. The van der Waals surface area contributed by atoms with Crippen LogP contribution in [0.4, 0.5) is 9.18 Å². The maximum Gasteiger partial charge on any atom is 0.410 e. The average Bonchev–Trinajstić information content (AvgIpc) is 2.55. The second kappa shape index (κ2) is 4.12. The molecule has 1 amide bonds. The Morgan fingerprint density at radius 3 is 2.71 bits per heavy atom. The molecule has 0 bridgehead atoms. The van der Waals surface area contributed by atoms with E-state index in [-0.39, 0.29) is 24.2 Å². The summed E-state index contributed by atoms with van der Waals surface area (Å²) in [6.45, 7) is 7.26. The van der Waals surface area contributed by atoms with Gasteiger partial charge in [0.05, 0.1) is 0 Å². The normalized spacial score (nSPS) is 27.1. The van der Waals surface area contributed by atoms with Crippen molar-refractivity contribution in [3.8, 4) is 0 Å². The molecule has 1 atom stereocenters. The molecule has 0 saturated carbocycles. The van der Waals surface area contributed by atoms with Gasteiger partial charge in [-0.3, -0.25) is 0 Å². The van der Waals surface area contributed by atoms with Gasteiger partial charge in [0.1, 0.15) is 12.3 Å². The highest BCUT2D eigenvalue weighted by Gasteiger charge is 2.53. The van der Waals surface area contributed by atoms with Gasteiger partial charge in [0, 0.05) is 24.5 Å². The van der Waals surface area contributed by atoms with Gasteiger partial charge >= 0.3 is 6.09 Å². The number of nitrogens with zero attached hydrogens (tertiary/aromatic N) is 1. The van der Waals surface area contributed by atoms with E-state index < -0.39 is 5.60 Å². The molecule has 1 N–H and O–H groups in total. The zero-order chi connectivity index (χ0) is 12.7. The first-order chi connectivity index (χ1) is 7.86. The van der Waals surface area contributed by atoms with Crippen LogP contribution >= 0.6 is 0 Å². The van der Waals surface area contributed by atoms with Crippen LogP contribution in [0.25, 0.3) is 0 Å². The zero-order valence-corrected chi connectivity index (χ0v) is 10.8. The van der Waals surface area contributed by atoms with Crippen LogP contribution in [-0.2, 0) is 4.74 Å². The molecule has 5 heteroatoms. The van der Waals surface area contributed by atoms with Crippen LogP contribution in [0, 0.1) is 5.41 Å². The molecule has 17 heavy (non-hydrogen) atoms. The second-order valence-corrected chi connectivity index (χ2v) is 6.11. The molecule has 1 spiro atoms. The summed E-state index contributed by atoms with van der Waals surface area (Å²) in [7, 11) is 0. The second-order valence-electron chi connectivity index (χ2n) is 6.11. The number of hydrogen-bond donors (Lipinski definition) is 1. The standard InChI is InChI=1S/C12H21FN2O2/c1-11(2,3)17-10(16)15-7-12(8-15)4-5-14-9(12)6-13/h9,14H,4-8H2,1-3H3. The van der Waals surface area contributed by atoms with Gasteiger partial charge in [-0.25, -0.2) is 9.18 Å². The third kappa shape index (κ3) is 2.39. The molecule has 2 saturated heterocycles. The lowest BCUT2D eigenvalue weighted by Gasteiger charge is -2.50. The molecule has 0 aromatic carbocycles. The fourth-order valence-corrected chi connectivity index (χ4v) is 2.65. The topological polar surface area (TPSA) is 41.6 Å². The molecule has 0 aliphatic carbocycles. The first-order valence-corrected chi connectivity index (χ1v) is 6.14. The van der Waals surface area contributed by atoms with E-state index in [1.807, 2.05) is 20.8 Å². The van der Waals surface area contributed by atoms with E-state index in [0.717, 1.165) is 13.0 Å². The minimum atomic E-state index is -0.465. The summed E-state index contributed by atoms with van der Waals surface area (Å²) >= 11 is 0. The van der Waals surface area contributed by atoms with Crippen molar-refractivity contribution in [1.82, 2.24) is 10.2 Å². The number of nitrogens with one attached hydrogen (secondary N) is 1. The third-order valence-electron chi connectivity index (χ3n) is 3.57. The lowest BCUT2D eigenvalue weighted by atomic mass is 9.74. The molecule has 0 radical (unpaired) electrons. The molecule has 2 fully saturated rings. The van der Waals surface area contributed by atoms with E-state index in [1.54, 1.807) is 4.90 Å². The number of carbonyl (C=O) groups is 1. The molecular weight excluding hydrogens is 223 g/mol. The van der Waals surface area contributed by atoms with E-state index in [4.69, 9.17) is 4.74 Å². The largest absolute Gasteiger partial charge is 0.444 e. The highest BCUT2D eigenvalue weighted by Crippen LogP contribution is 2.41. The van der Waals surface area contributed by atoms with Gasteiger partial charge in [0.15, 0.2) is 0 Å². The van der Waals surface area contributed by atoms with Gasteiger partial charge < -0.3 is 15.0 Å². The average molecular weight is 244 g/mol. The molecule has 4 nitrogen and oxygen atoms in total. The number of alkyl halides is 1. The van der Waals surface area contributed by atoms with E-state index in [1.165, 1.54) is 0 Å². The highest BCUT2D eigenvalue weighted by molar-refractivity contribution is 5.69. The Balaban J connectivity index is 1.88. The summed E-state index contributed by atoms with van der Waals surface area (Å²) in [6.07, 6.45) is 0.661. The van der Waals surface area contributed by atoms with Crippen molar-refractivity contribution in [3.63, 3.8) is 0 Å². The maximum absolute atomic E-state index is 12.8. The van der Waals surface area contributed by atoms with Gasteiger partial charge in [-0.2, -0.15) is 0 Å². The lowest BCUT2D eigenvalue weighted by molar-refractivity contribution is -0.0412. The predicted molar refractivity (Wildman–Crippen MR) is 62.6 cm³/mol. The first kappa shape index (κ1) is 12.6. The van der Waals surface area contributed by atoms with Crippen molar-refractivity contribution >= 4 is 6.09 Å². The Morgan fingerprint density at radius 2 is 2.18 bits per heavy atom. The van der Waals surface area contributed by atoms with Gasteiger partial charge in [0.25, 0.3) is 0 Å². The molecule has 0 aromatic heterocycles. The van der Waals surface area contributed by atoms with E-state index in [0.29, 0.717) is 13.1 Å². The molecular formula is C12H21FN2O2. The predicted octanol–water partition coefficient (Wildman–Crippen LogP) is 1.55. The summed E-state index contributed by atoms with van der Waals surface area (Å²) in [5.41, 5.74) is -0.515. The van der Waals surface area contributed by atoms with Gasteiger partial charge in [0.2, 0.25) is 0 Å². The summed E-state index contributed by atoms with van der Waals surface area (Å²) in [4.78, 5) is 13.4. The van der Waals surface area contributed by atoms with Gasteiger partial charge in [-0.1, -0.05) is 0 Å². The summed E-state index contributed by atoms with van der Waals surface area (Å²) in [6, 6.07) is -0.0961. The fraction of sp³-hybridized carbons (Fsp3) is 0.917. The van der Waals surface area contributed by atoms with Crippen LogP contribution in [0.3, 0.4) is 0 Å².